The van der Waals surface area contributed by atoms with E-state index in [2.05, 4.69) is 48.3 Å². The summed E-state index contributed by atoms with van der Waals surface area (Å²) < 4.78 is 5.41. The fourth-order valence-electron chi connectivity index (χ4n) is 3.89. The van der Waals surface area contributed by atoms with Crippen molar-refractivity contribution in [3.63, 3.8) is 0 Å². The van der Waals surface area contributed by atoms with Gasteiger partial charge in [0, 0.05) is 44.9 Å². The predicted octanol–water partition coefficient (Wildman–Crippen LogP) is 1.70. The lowest BCUT2D eigenvalue weighted by Gasteiger charge is -2.42. The lowest BCUT2D eigenvalue weighted by atomic mass is 9.79. The summed E-state index contributed by atoms with van der Waals surface area (Å²) in [6.07, 6.45) is 2.50. The molecule has 2 aliphatic heterocycles. The highest BCUT2D eigenvalue weighted by molar-refractivity contribution is 5.83. The highest BCUT2D eigenvalue weighted by atomic mass is 16.5. The summed E-state index contributed by atoms with van der Waals surface area (Å²) in [6, 6.07) is 8.65. The van der Waals surface area contributed by atoms with Crippen LogP contribution >= 0.6 is 0 Å². The van der Waals surface area contributed by atoms with Crippen LogP contribution in [0.25, 0.3) is 0 Å². The zero-order chi connectivity index (χ0) is 17.9. The van der Waals surface area contributed by atoms with Crippen LogP contribution in [-0.2, 0) is 22.5 Å². The van der Waals surface area contributed by atoms with Crippen LogP contribution < -0.4 is 11.1 Å². The Labute approximate surface area is 150 Å². The van der Waals surface area contributed by atoms with Crippen LogP contribution in [0.3, 0.4) is 0 Å². The molecule has 138 valence electrons. The molecular weight excluding hydrogens is 314 g/mol. The minimum atomic E-state index is -0.456. The summed E-state index contributed by atoms with van der Waals surface area (Å²) in [5.74, 6) is 0.0868. The number of rotatable bonds is 5. The highest BCUT2D eigenvalue weighted by Gasteiger charge is 2.40. The molecule has 1 aromatic carbocycles. The number of hydrogen-bond acceptors (Lipinski definition) is 4. The van der Waals surface area contributed by atoms with Crippen molar-refractivity contribution in [3.05, 3.63) is 35.4 Å². The van der Waals surface area contributed by atoms with Gasteiger partial charge in [-0.15, -0.1) is 0 Å². The van der Waals surface area contributed by atoms with E-state index in [9.17, 15) is 4.79 Å². The number of fused-ring (bicyclic) bond motifs is 1. The standard InChI is InChI=1S/C20H31N3O2/c1-19(2,23-10-7-16-5-3-4-6-17(16)13-23)15-22-18(24)20(14-21)8-11-25-12-9-20/h3-6H,7-15,21H2,1-2H3,(H,22,24). The fourth-order valence-corrected chi connectivity index (χ4v) is 3.89. The predicted molar refractivity (Wildman–Crippen MR) is 99.2 cm³/mol. The van der Waals surface area contributed by atoms with E-state index in [0.717, 1.165) is 19.5 Å². The molecule has 0 saturated carbocycles. The summed E-state index contributed by atoms with van der Waals surface area (Å²) >= 11 is 0. The zero-order valence-corrected chi connectivity index (χ0v) is 15.5. The zero-order valence-electron chi connectivity index (χ0n) is 15.5. The van der Waals surface area contributed by atoms with Gasteiger partial charge in [0.05, 0.1) is 5.41 Å². The Balaban J connectivity index is 1.61. The molecule has 1 fully saturated rings. The van der Waals surface area contributed by atoms with Crippen molar-refractivity contribution in [1.29, 1.82) is 0 Å². The fraction of sp³-hybridized carbons (Fsp3) is 0.650. The highest BCUT2D eigenvalue weighted by Crippen LogP contribution is 2.30. The number of carbonyl (C=O) groups excluding carboxylic acids is 1. The average Bonchev–Trinajstić information content (AvgIpc) is 2.66. The lowest BCUT2D eigenvalue weighted by Crippen LogP contribution is -2.56. The van der Waals surface area contributed by atoms with Crippen molar-refractivity contribution in [2.24, 2.45) is 11.1 Å². The van der Waals surface area contributed by atoms with Gasteiger partial charge < -0.3 is 15.8 Å². The molecule has 1 saturated heterocycles. The van der Waals surface area contributed by atoms with Gasteiger partial charge in [0.15, 0.2) is 0 Å². The van der Waals surface area contributed by atoms with Gasteiger partial charge in [0.1, 0.15) is 0 Å². The third kappa shape index (κ3) is 3.89. The molecule has 1 amide bonds. The van der Waals surface area contributed by atoms with Crippen LogP contribution in [0.4, 0.5) is 0 Å². The quantitative estimate of drug-likeness (QED) is 0.852. The average molecular weight is 345 g/mol. The van der Waals surface area contributed by atoms with E-state index in [-0.39, 0.29) is 11.4 Å². The first-order valence-electron chi connectivity index (χ1n) is 9.35. The van der Waals surface area contributed by atoms with Gasteiger partial charge in [-0.2, -0.15) is 0 Å². The van der Waals surface area contributed by atoms with Gasteiger partial charge in [-0.25, -0.2) is 0 Å². The molecule has 3 N–H and O–H groups in total. The molecule has 2 aliphatic rings. The second kappa shape index (κ2) is 7.44. The number of nitrogens with two attached hydrogens (primary N) is 1. The monoisotopic (exact) mass is 345 g/mol. The van der Waals surface area contributed by atoms with Crippen molar-refractivity contribution < 1.29 is 9.53 Å². The first-order valence-corrected chi connectivity index (χ1v) is 9.35. The summed E-state index contributed by atoms with van der Waals surface area (Å²) in [6.45, 7) is 8.65. The van der Waals surface area contributed by atoms with E-state index in [1.165, 1.54) is 11.1 Å². The van der Waals surface area contributed by atoms with Crippen LogP contribution in [0, 0.1) is 5.41 Å². The molecule has 5 heteroatoms. The van der Waals surface area contributed by atoms with E-state index in [0.29, 0.717) is 39.1 Å². The Kier molecular flexibility index (Phi) is 5.46. The molecule has 0 aromatic heterocycles. The molecule has 0 spiro atoms. The van der Waals surface area contributed by atoms with Crippen molar-refractivity contribution >= 4 is 5.91 Å². The summed E-state index contributed by atoms with van der Waals surface area (Å²) in [7, 11) is 0. The Bertz CT molecular complexity index is 609. The van der Waals surface area contributed by atoms with Crippen LogP contribution in [0.2, 0.25) is 0 Å². The SMILES string of the molecule is CC(C)(CNC(=O)C1(CN)CCOCC1)N1CCc2ccccc2C1. The number of amides is 1. The molecule has 2 heterocycles. The number of carbonyl (C=O) groups is 1. The number of nitrogens with zero attached hydrogens (tertiary/aromatic N) is 1. The maximum atomic E-state index is 12.8. The first kappa shape index (κ1) is 18.4. The van der Waals surface area contributed by atoms with Crippen LogP contribution in [0.5, 0.6) is 0 Å². The van der Waals surface area contributed by atoms with Crippen molar-refractivity contribution in [3.8, 4) is 0 Å². The van der Waals surface area contributed by atoms with Gasteiger partial charge in [-0.1, -0.05) is 24.3 Å². The first-order chi connectivity index (χ1) is 12.0. The molecular formula is C20H31N3O2. The Morgan fingerprint density at radius 2 is 1.96 bits per heavy atom. The van der Waals surface area contributed by atoms with Gasteiger partial charge in [-0.3, -0.25) is 9.69 Å². The van der Waals surface area contributed by atoms with Gasteiger partial charge in [0.2, 0.25) is 5.91 Å². The second-order valence-electron chi connectivity index (χ2n) is 8.03. The van der Waals surface area contributed by atoms with Crippen molar-refractivity contribution in [1.82, 2.24) is 10.2 Å². The minimum Gasteiger partial charge on any atom is -0.381 e. The summed E-state index contributed by atoms with van der Waals surface area (Å²) in [4.78, 5) is 15.3. The Morgan fingerprint density at radius 1 is 1.28 bits per heavy atom. The van der Waals surface area contributed by atoms with Crippen LogP contribution in [0.15, 0.2) is 24.3 Å². The Hall–Kier alpha value is -1.43. The molecule has 25 heavy (non-hydrogen) atoms. The number of ether oxygens (including phenoxy) is 1. The van der Waals surface area contributed by atoms with E-state index >= 15 is 0 Å². The maximum Gasteiger partial charge on any atom is 0.227 e. The third-order valence-corrected chi connectivity index (χ3v) is 5.99. The van der Waals surface area contributed by atoms with E-state index in [4.69, 9.17) is 10.5 Å². The van der Waals surface area contributed by atoms with Crippen LogP contribution in [0.1, 0.15) is 37.8 Å². The summed E-state index contributed by atoms with van der Waals surface area (Å²) in [5, 5.41) is 3.19. The number of hydrogen-bond donors (Lipinski definition) is 2. The molecule has 0 unspecified atom stereocenters. The van der Waals surface area contributed by atoms with Gasteiger partial charge in [0.25, 0.3) is 0 Å². The van der Waals surface area contributed by atoms with Crippen molar-refractivity contribution in [2.45, 2.75) is 45.2 Å². The molecule has 0 atom stereocenters. The van der Waals surface area contributed by atoms with Gasteiger partial charge in [-0.05, 0) is 44.2 Å². The normalized spacial score (nSPS) is 20.8. The topological polar surface area (TPSA) is 67.6 Å². The Morgan fingerprint density at radius 3 is 2.64 bits per heavy atom. The second-order valence-corrected chi connectivity index (χ2v) is 8.03. The molecule has 0 radical (unpaired) electrons. The van der Waals surface area contributed by atoms with Gasteiger partial charge >= 0.3 is 0 Å². The molecule has 0 bridgehead atoms. The largest absolute Gasteiger partial charge is 0.381 e. The van der Waals surface area contributed by atoms with E-state index < -0.39 is 5.41 Å². The van der Waals surface area contributed by atoms with Crippen LogP contribution in [-0.4, -0.2) is 49.2 Å². The molecule has 0 aliphatic carbocycles. The van der Waals surface area contributed by atoms with Crippen molar-refractivity contribution in [2.75, 3.05) is 32.8 Å². The summed E-state index contributed by atoms with van der Waals surface area (Å²) in [5.41, 5.74) is 8.25. The smallest absolute Gasteiger partial charge is 0.227 e. The molecule has 3 rings (SSSR count). The third-order valence-electron chi connectivity index (χ3n) is 5.99. The number of benzene rings is 1. The lowest BCUT2D eigenvalue weighted by molar-refractivity contribution is -0.136. The van der Waals surface area contributed by atoms with E-state index in [1.807, 2.05) is 0 Å². The van der Waals surface area contributed by atoms with E-state index in [1.54, 1.807) is 0 Å². The number of nitrogens with one attached hydrogen (secondary N) is 1. The molecule has 1 aromatic rings. The maximum absolute atomic E-state index is 12.8. The minimum absolute atomic E-state index is 0.0868. The molecule has 5 nitrogen and oxygen atoms in total.